The molecule has 1 aromatic carbocycles. The van der Waals surface area contributed by atoms with E-state index in [9.17, 15) is 8.42 Å². The zero-order chi connectivity index (χ0) is 15.6. The minimum Gasteiger partial charge on any atom is -0.397 e. The lowest BCUT2D eigenvalue weighted by atomic mass is 9.85. The molecule has 2 rings (SSSR count). The minimum absolute atomic E-state index is 0.244. The van der Waals surface area contributed by atoms with Crippen molar-refractivity contribution in [2.24, 2.45) is 5.92 Å². The number of nitrogens with zero attached hydrogens (tertiary/aromatic N) is 2. The van der Waals surface area contributed by atoms with Crippen LogP contribution >= 0.6 is 0 Å². The zero-order valence-electron chi connectivity index (χ0n) is 13.0. The van der Waals surface area contributed by atoms with Gasteiger partial charge in [-0.2, -0.15) is 0 Å². The molecule has 21 heavy (non-hydrogen) atoms. The summed E-state index contributed by atoms with van der Waals surface area (Å²) in [6.45, 7) is 3.98. The Morgan fingerprint density at radius 2 is 1.95 bits per heavy atom. The van der Waals surface area contributed by atoms with E-state index in [4.69, 9.17) is 5.73 Å². The summed E-state index contributed by atoms with van der Waals surface area (Å²) >= 11 is 0. The zero-order valence-corrected chi connectivity index (χ0v) is 13.9. The van der Waals surface area contributed by atoms with Gasteiger partial charge in [-0.15, -0.1) is 0 Å². The first-order chi connectivity index (χ1) is 9.86. The highest BCUT2D eigenvalue weighted by atomic mass is 32.2. The fourth-order valence-electron chi connectivity index (χ4n) is 2.58. The molecule has 118 valence electrons. The topological polar surface area (TPSA) is 66.6 Å². The molecule has 0 unspecified atom stereocenters. The van der Waals surface area contributed by atoms with Crippen LogP contribution in [0.15, 0.2) is 23.1 Å². The quantitative estimate of drug-likeness (QED) is 0.818. The molecule has 0 aliphatic heterocycles. The monoisotopic (exact) mass is 311 g/mol. The van der Waals surface area contributed by atoms with E-state index in [0.717, 1.165) is 24.7 Å². The second-order valence-electron chi connectivity index (χ2n) is 5.84. The molecule has 0 saturated heterocycles. The molecule has 2 N–H and O–H groups in total. The second kappa shape index (κ2) is 6.23. The molecule has 0 aromatic heterocycles. The van der Waals surface area contributed by atoms with Crippen LogP contribution < -0.4 is 10.6 Å². The van der Waals surface area contributed by atoms with Gasteiger partial charge in [0.25, 0.3) is 0 Å². The van der Waals surface area contributed by atoms with Crippen LogP contribution in [0.2, 0.25) is 0 Å². The van der Waals surface area contributed by atoms with Gasteiger partial charge in [0.2, 0.25) is 10.0 Å². The number of nitrogens with two attached hydrogens (primary N) is 1. The van der Waals surface area contributed by atoms with Crippen molar-refractivity contribution in [3.8, 4) is 0 Å². The van der Waals surface area contributed by atoms with Gasteiger partial charge in [-0.3, -0.25) is 0 Å². The Morgan fingerprint density at radius 1 is 1.29 bits per heavy atom. The number of rotatable bonds is 6. The standard InChI is InChI=1S/C15H25N3O2S/c1-4-18(11-12-6-5-7-12)15-9-8-13(10-14(15)16)21(19,20)17(2)3/h8-10,12H,4-7,11,16H2,1-3H3. The van der Waals surface area contributed by atoms with Crippen LogP contribution in [0.1, 0.15) is 26.2 Å². The van der Waals surface area contributed by atoms with Crippen molar-refractivity contribution in [2.45, 2.75) is 31.1 Å². The molecular weight excluding hydrogens is 286 g/mol. The van der Waals surface area contributed by atoms with Gasteiger partial charge in [-0.1, -0.05) is 6.42 Å². The fourth-order valence-corrected chi connectivity index (χ4v) is 3.51. The summed E-state index contributed by atoms with van der Waals surface area (Å²) in [4.78, 5) is 2.49. The number of sulfonamides is 1. The molecule has 1 fully saturated rings. The summed E-state index contributed by atoms with van der Waals surface area (Å²) in [7, 11) is -0.386. The molecule has 6 heteroatoms. The Labute approximate surface area is 127 Å². The van der Waals surface area contributed by atoms with E-state index < -0.39 is 10.0 Å². The first kappa shape index (κ1) is 16.1. The first-order valence-electron chi connectivity index (χ1n) is 7.43. The third-order valence-electron chi connectivity index (χ3n) is 4.20. The lowest BCUT2D eigenvalue weighted by Gasteiger charge is -2.33. The van der Waals surface area contributed by atoms with Gasteiger partial charge >= 0.3 is 0 Å². The van der Waals surface area contributed by atoms with E-state index in [1.165, 1.54) is 37.7 Å². The van der Waals surface area contributed by atoms with Crippen molar-refractivity contribution in [3.63, 3.8) is 0 Å². The molecule has 1 aromatic rings. The van der Waals surface area contributed by atoms with Gasteiger partial charge in [0.05, 0.1) is 16.3 Å². The Balaban J connectivity index is 2.25. The van der Waals surface area contributed by atoms with Crippen LogP contribution in [0.4, 0.5) is 11.4 Å². The summed E-state index contributed by atoms with van der Waals surface area (Å²) < 4.78 is 25.5. The lowest BCUT2D eigenvalue weighted by Crippen LogP contribution is -2.33. The third kappa shape index (κ3) is 3.32. The summed E-state index contributed by atoms with van der Waals surface area (Å²) in [6.07, 6.45) is 3.88. The predicted molar refractivity (Wildman–Crippen MR) is 87.0 cm³/mol. The van der Waals surface area contributed by atoms with Crippen molar-refractivity contribution in [2.75, 3.05) is 37.8 Å². The maximum Gasteiger partial charge on any atom is 0.242 e. The lowest BCUT2D eigenvalue weighted by molar-refractivity contribution is 0.318. The number of hydrogen-bond acceptors (Lipinski definition) is 4. The van der Waals surface area contributed by atoms with Gasteiger partial charge in [0, 0.05) is 27.2 Å². The highest BCUT2D eigenvalue weighted by molar-refractivity contribution is 7.89. The molecule has 1 aliphatic carbocycles. The molecule has 1 saturated carbocycles. The smallest absolute Gasteiger partial charge is 0.242 e. The fraction of sp³-hybridized carbons (Fsp3) is 0.600. The molecule has 0 heterocycles. The third-order valence-corrected chi connectivity index (χ3v) is 6.01. The van der Waals surface area contributed by atoms with Crippen molar-refractivity contribution < 1.29 is 8.42 Å². The van der Waals surface area contributed by atoms with E-state index in [1.54, 1.807) is 12.1 Å². The average Bonchev–Trinajstić information content (AvgIpc) is 2.38. The van der Waals surface area contributed by atoms with Gasteiger partial charge in [-0.25, -0.2) is 12.7 Å². The van der Waals surface area contributed by atoms with E-state index in [0.29, 0.717) is 5.69 Å². The van der Waals surface area contributed by atoms with E-state index in [1.807, 2.05) is 6.07 Å². The highest BCUT2D eigenvalue weighted by Crippen LogP contribution is 2.32. The van der Waals surface area contributed by atoms with Crippen molar-refractivity contribution >= 4 is 21.4 Å². The van der Waals surface area contributed by atoms with Crippen LogP contribution in [-0.4, -0.2) is 39.9 Å². The highest BCUT2D eigenvalue weighted by Gasteiger charge is 2.23. The van der Waals surface area contributed by atoms with Gasteiger partial charge in [0.15, 0.2) is 0 Å². The van der Waals surface area contributed by atoms with E-state index in [-0.39, 0.29) is 4.90 Å². The number of nitrogen functional groups attached to an aromatic ring is 1. The van der Waals surface area contributed by atoms with Crippen LogP contribution in [-0.2, 0) is 10.0 Å². The van der Waals surface area contributed by atoms with Crippen LogP contribution in [0, 0.1) is 5.92 Å². The average molecular weight is 311 g/mol. The van der Waals surface area contributed by atoms with Gasteiger partial charge in [0.1, 0.15) is 0 Å². The summed E-state index contributed by atoms with van der Waals surface area (Å²) in [5.74, 6) is 0.745. The van der Waals surface area contributed by atoms with Gasteiger partial charge in [-0.05, 0) is 43.9 Å². The van der Waals surface area contributed by atoms with Crippen molar-refractivity contribution in [1.29, 1.82) is 0 Å². The largest absolute Gasteiger partial charge is 0.397 e. The van der Waals surface area contributed by atoms with Crippen LogP contribution in [0.3, 0.4) is 0 Å². The summed E-state index contributed by atoms with van der Waals surface area (Å²) in [6, 6.07) is 5.03. The van der Waals surface area contributed by atoms with Gasteiger partial charge < -0.3 is 10.6 Å². The Bertz CT molecular complexity index is 595. The molecule has 1 aliphatic rings. The molecular formula is C15H25N3O2S. The molecule has 0 spiro atoms. The summed E-state index contributed by atoms with van der Waals surface area (Å²) in [5, 5.41) is 0. The first-order valence-corrected chi connectivity index (χ1v) is 8.87. The number of benzene rings is 1. The van der Waals surface area contributed by atoms with Crippen LogP contribution in [0.5, 0.6) is 0 Å². The molecule has 0 amide bonds. The minimum atomic E-state index is -3.43. The Hall–Kier alpha value is -1.27. The Morgan fingerprint density at radius 3 is 2.38 bits per heavy atom. The van der Waals surface area contributed by atoms with Crippen molar-refractivity contribution in [3.05, 3.63) is 18.2 Å². The number of anilines is 2. The Kier molecular flexibility index (Phi) is 4.78. The molecule has 0 bridgehead atoms. The van der Waals surface area contributed by atoms with E-state index >= 15 is 0 Å². The van der Waals surface area contributed by atoms with E-state index in [2.05, 4.69) is 11.8 Å². The van der Waals surface area contributed by atoms with Crippen LogP contribution in [0.25, 0.3) is 0 Å². The molecule has 0 radical (unpaired) electrons. The SMILES string of the molecule is CCN(CC1CCC1)c1ccc(S(=O)(=O)N(C)C)cc1N. The summed E-state index contributed by atoms with van der Waals surface area (Å²) in [5.41, 5.74) is 7.56. The molecule has 0 atom stereocenters. The molecule has 5 nitrogen and oxygen atoms in total. The predicted octanol–water partition coefficient (Wildman–Crippen LogP) is 2.15. The number of hydrogen-bond donors (Lipinski definition) is 1. The maximum atomic E-state index is 12.1. The van der Waals surface area contributed by atoms with Crippen molar-refractivity contribution in [1.82, 2.24) is 4.31 Å². The maximum absolute atomic E-state index is 12.1. The second-order valence-corrected chi connectivity index (χ2v) is 8.00. The normalized spacial score (nSPS) is 16.0.